The number of benzene rings is 1. The molecule has 0 saturated heterocycles. The molecule has 0 aliphatic heterocycles. The summed E-state index contributed by atoms with van der Waals surface area (Å²) in [7, 11) is -3.36. The first kappa shape index (κ1) is 13.2. The van der Waals surface area contributed by atoms with Crippen LogP contribution in [0.2, 0.25) is 0 Å². The summed E-state index contributed by atoms with van der Waals surface area (Å²) in [5.74, 6) is -1.12. The van der Waals surface area contributed by atoms with E-state index in [-0.39, 0.29) is 23.5 Å². The Hall–Kier alpha value is -0.880. The first-order chi connectivity index (χ1) is 7.42. The van der Waals surface area contributed by atoms with E-state index in [1.54, 1.807) is 12.1 Å². The molecule has 0 fully saturated rings. The van der Waals surface area contributed by atoms with Crippen LogP contribution in [0, 0.1) is 0 Å². The molecule has 0 bridgehead atoms. The number of aliphatic carboxylic acids is 1. The summed E-state index contributed by atoms with van der Waals surface area (Å²) in [5, 5.41) is 8.42. The Kier molecular flexibility index (Phi) is 4.49. The fourth-order valence-corrected chi connectivity index (χ4v) is 2.75. The molecule has 88 valence electrons. The standard InChI is InChI=1S/C10H11BrO4S/c11-8-3-5-9(6-4-8)16(14,15)7-1-2-10(12)13/h3-6H,1-2,7H2,(H,12,13). The normalized spacial score (nSPS) is 11.3. The van der Waals surface area contributed by atoms with E-state index < -0.39 is 15.8 Å². The van der Waals surface area contributed by atoms with E-state index in [2.05, 4.69) is 15.9 Å². The summed E-state index contributed by atoms with van der Waals surface area (Å²) in [6.07, 6.45) is 0.00346. The molecule has 16 heavy (non-hydrogen) atoms. The number of halogens is 1. The highest BCUT2D eigenvalue weighted by Gasteiger charge is 2.14. The fraction of sp³-hybridized carbons (Fsp3) is 0.300. The predicted octanol–water partition coefficient (Wildman–Crippen LogP) is 2.09. The summed E-state index contributed by atoms with van der Waals surface area (Å²) in [6, 6.07) is 6.29. The van der Waals surface area contributed by atoms with Gasteiger partial charge in [0.25, 0.3) is 0 Å². The van der Waals surface area contributed by atoms with E-state index in [1.165, 1.54) is 12.1 Å². The maximum atomic E-state index is 11.7. The molecule has 0 amide bonds. The van der Waals surface area contributed by atoms with Gasteiger partial charge in [0.2, 0.25) is 0 Å². The summed E-state index contributed by atoms with van der Waals surface area (Å²) < 4.78 is 24.2. The molecule has 1 N–H and O–H groups in total. The van der Waals surface area contributed by atoms with Crippen molar-refractivity contribution in [1.82, 2.24) is 0 Å². The number of rotatable bonds is 5. The van der Waals surface area contributed by atoms with Crippen LogP contribution in [0.25, 0.3) is 0 Å². The Morgan fingerprint density at radius 1 is 1.25 bits per heavy atom. The molecule has 0 aliphatic carbocycles. The molecule has 1 aromatic rings. The summed E-state index contributed by atoms with van der Waals surface area (Å²) >= 11 is 3.21. The second-order valence-electron chi connectivity index (χ2n) is 3.27. The van der Waals surface area contributed by atoms with Crippen LogP contribution in [0.3, 0.4) is 0 Å². The van der Waals surface area contributed by atoms with Crippen molar-refractivity contribution in [1.29, 1.82) is 0 Å². The molecule has 0 unspecified atom stereocenters. The van der Waals surface area contributed by atoms with Crippen LogP contribution in [-0.2, 0) is 14.6 Å². The van der Waals surface area contributed by atoms with Gasteiger partial charge in [-0.15, -0.1) is 0 Å². The topological polar surface area (TPSA) is 71.4 Å². The van der Waals surface area contributed by atoms with Crippen LogP contribution < -0.4 is 0 Å². The lowest BCUT2D eigenvalue weighted by Crippen LogP contribution is -2.08. The van der Waals surface area contributed by atoms with Crippen LogP contribution in [0.1, 0.15) is 12.8 Å². The van der Waals surface area contributed by atoms with Crippen molar-refractivity contribution >= 4 is 31.7 Å². The molecule has 6 heteroatoms. The van der Waals surface area contributed by atoms with Crippen LogP contribution in [-0.4, -0.2) is 25.2 Å². The van der Waals surface area contributed by atoms with Crippen molar-refractivity contribution in [2.24, 2.45) is 0 Å². The van der Waals surface area contributed by atoms with Gasteiger partial charge in [-0.1, -0.05) is 15.9 Å². The zero-order valence-corrected chi connectivity index (χ0v) is 10.8. The second kappa shape index (κ2) is 5.45. The highest BCUT2D eigenvalue weighted by Crippen LogP contribution is 2.16. The lowest BCUT2D eigenvalue weighted by molar-refractivity contribution is -0.137. The third-order valence-corrected chi connectivity index (χ3v) is 4.32. The molecular weight excluding hydrogens is 296 g/mol. The molecule has 4 nitrogen and oxygen atoms in total. The van der Waals surface area contributed by atoms with Crippen LogP contribution in [0.5, 0.6) is 0 Å². The first-order valence-corrected chi connectivity index (χ1v) is 7.06. The van der Waals surface area contributed by atoms with Gasteiger partial charge >= 0.3 is 5.97 Å². The second-order valence-corrected chi connectivity index (χ2v) is 6.29. The molecule has 0 saturated carbocycles. The third kappa shape index (κ3) is 3.94. The van der Waals surface area contributed by atoms with Gasteiger partial charge in [-0.05, 0) is 30.7 Å². The van der Waals surface area contributed by atoms with E-state index in [4.69, 9.17) is 5.11 Å². The van der Waals surface area contributed by atoms with Gasteiger partial charge in [-0.25, -0.2) is 8.42 Å². The minimum Gasteiger partial charge on any atom is -0.481 e. The average molecular weight is 307 g/mol. The van der Waals surface area contributed by atoms with Crippen LogP contribution in [0.15, 0.2) is 33.6 Å². The minimum absolute atomic E-state index is 0.129. The Balaban J connectivity index is 2.71. The Morgan fingerprint density at radius 2 is 1.81 bits per heavy atom. The van der Waals surface area contributed by atoms with Crippen LogP contribution in [0.4, 0.5) is 0 Å². The molecule has 0 radical (unpaired) electrons. The van der Waals surface area contributed by atoms with Crippen LogP contribution >= 0.6 is 15.9 Å². The molecule has 0 spiro atoms. The van der Waals surface area contributed by atoms with Gasteiger partial charge in [0.15, 0.2) is 9.84 Å². The van der Waals surface area contributed by atoms with E-state index in [0.717, 1.165) is 4.47 Å². The van der Waals surface area contributed by atoms with E-state index in [9.17, 15) is 13.2 Å². The van der Waals surface area contributed by atoms with Crippen molar-refractivity contribution in [3.8, 4) is 0 Å². The highest BCUT2D eigenvalue weighted by atomic mass is 79.9. The molecule has 1 aromatic carbocycles. The number of hydrogen-bond acceptors (Lipinski definition) is 3. The quantitative estimate of drug-likeness (QED) is 0.904. The largest absolute Gasteiger partial charge is 0.481 e. The van der Waals surface area contributed by atoms with E-state index in [1.807, 2.05) is 0 Å². The van der Waals surface area contributed by atoms with Gasteiger partial charge in [-0.3, -0.25) is 4.79 Å². The molecule has 0 heterocycles. The fourth-order valence-electron chi connectivity index (χ4n) is 1.17. The summed E-state index contributed by atoms with van der Waals surface area (Å²) in [5.41, 5.74) is 0. The summed E-state index contributed by atoms with van der Waals surface area (Å²) in [6.45, 7) is 0. The Labute approximate surface area is 102 Å². The first-order valence-electron chi connectivity index (χ1n) is 4.62. The lowest BCUT2D eigenvalue weighted by Gasteiger charge is -2.03. The van der Waals surface area contributed by atoms with Crippen molar-refractivity contribution in [3.63, 3.8) is 0 Å². The monoisotopic (exact) mass is 306 g/mol. The maximum Gasteiger partial charge on any atom is 0.303 e. The molecule has 0 aromatic heterocycles. The molecular formula is C10H11BrO4S. The Morgan fingerprint density at radius 3 is 2.31 bits per heavy atom. The lowest BCUT2D eigenvalue weighted by atomic mass is 10.3. The van der Waals surface area contributed by atoms with Crippen molar-refractivity contribution in [2.45, 2.75) is 17.7 Å². The SMILES string of the molecule is O=C(O)CCCS(=O)(=O)c1ccc(Br)cc1. The minimum atomic E-state index is -3.36. The van der Waals surface area contributed by atoms with Crippen molar-refractivity contribution in [2.75, 3.05) is 5.75 Å². The zero-order valence-electron chi connectivity index (χ0n) is 8.39. The highest BCUT2D eigenvalue weighted by molar-refractivity contribution is 9.10. The van der Waals surface area contributed by atoms with Gasteiger partial charge in [-0.2, -0.15) is 0 Å². The number of carboxylic acids is 1. The Bertz CT molecular complexity index is 464. The van der Waals surface area contributed by atoms with Crippen molar-refractivity contribution in [3.05, 3.63) is 28.7 Å². The number of hydrogen-bond donors (Lipinski definition) is 1. The van der Waals surface area contributed by atoms with Gasteiger partial charge in [0.1, 0.15) is 0 Å². The third-order valence-electron chi connectivity index (χ3n) is 1.98. The molecule has 0 atom stereocenters. The number of carbonyl (C=O) groups is 1. The average Bonchev–Trinajstić information content (AvgIpc) is 2.17. The molecule has 1 rings (SSSR count). The van der Waals surface area contributed by atoms with E-state index >= 15 is 0 Å². The van der Waals surface area contributed by atoms with Gasteiger partial charge in [0, 0.05) is 10.9 Å². The maximum absolute atomic E-state index is 11.7. The molecule has 0 aliphatic rings. The predicted molar refractivity (Wildman–Crippen MR) is 63.1 cm³/mol. The van der Waals surface area contributed by atoms with Crippen molar-refractivity contribution < 1.29 is 18.3 Å². The van der Waals surface area contributed by atoms with Gasteiger partial charge in [0.05, 0.1) is 10.6 Å². The smallest absolute Gasteiger partial charge is 0.303 e. The number of sulfone groups is 1. The number of carboxylic acid groups (broad SMARTS) is 1. The van der Waals surface area contributed by atoms with E-state index in [0.29, 0.717) is 0 Å². The van der Waals surface area contributed by atoms with Gasteiger partial charge < -0.3 is 5.11 Å². The summed E-state index contributed by atoms with van der Waals surface area (Å²) in [4.78, 5) is 10.5. The zero-order chi connectivity index (χ0) is 12.2.